The van der Waals surface area contributed by atoms with Gasteiger partial charge in [-0.05, 0) is 56.7 Å². The van der Waals surface area contributed by atoms with E-state index in [4.69, 9.17) is 0 Å². The molecule has 0 saturated heterocycles. The maximum atomic E-state index is 13.0. The number of nitriles is 1. The highest BCUT2D eigenvalue weighted by Crippen LogP contribution is 2.18. The Kier molecular flexibility index (Phi) is 6.96. The van der Waals surface area contributed by atoms with Crippen LogP contribution in [-0.2, 0) is 11.8 Å². The van der Waals surface area contributed by atoms with Crippen LogP contribution in [0.1, 0.15) is 25.1 Å². The lowest BCUT2D eigenvalue weighted by molar-refractivity contribution is -0.112. The summed E-state index contributed by atoms with van der Waals surface area (Å²) in [5.74, 6) is -0.619. The molecule has 0 aliphatic carbocycles. The Balaban J connectivity index is 1.88. The number of aromatic nitrogens is 2. The largest absolute Gasteiger partial charge is 0.372 e. The van der Waals surface area contributed by atoms with Gasteiger partial charge in [-0.1, -0.05) is 30.3 Å². The van der Waals surface area contributed by atoms with E-state index in [1.54, 1.807) is 18.7 Å². The van der Waals surface area contributed by atoms with Crippen LogP contribution in [0.15, 0.2) is 65.0 Å². The number of nitrogens with one attached hydrogen (secondary N) is 1. The van der Waals surface area contributed by atoms with E-state index < -0.39 is 5.91 Å². The zero-order chi connectivity index (χ0) is 23.3. The van der Waals surface area contributed by atoms with Gasteiger partial charge in [0.2, 0.25) is 0 Å². The van der Waals surface area contributed by atoms with Crippen LogP contribution in [0.2, 0.25) is 0 Å². The first kappa shape index (κ1) is 22.6. The van der Waals surface area contributed by atoms with Crippen LogP contribution in [0.3, 0.4) is 0 Å². The van der Waals surface area contributed by atoms with Crippen molar-refractivity contribution in [2.75, 3.05) is 23.3 Å². The van der Waals surface area contributed by atoms with Crippen LogP contribution >= 0.6 is 0 Å². The van der Waals surface area contributed by atoms with E-state index in [0.717, 1.165) is 24.3 Å². The summed E-state index contributed by atoms with van der Waals surface area (Å²) < 4.78 is 3.15. The summed E-state index contributed by atoms with van der Waals surface area (Å²) >= 11 is 0. The molecule has 0 aliphatic heterocycles. The summed E-state index contributed by atoms with van der Waals surface area (Å²) in [6.07, 6.45) is 1.52. The number of rotatable bonds is 7. The fourth-order valence-electron chi connectivity index (χ4n) is 3.58. The van der Waals surface area contributed by atoms with Gasteiger partial charge in [0, 0.05) is 25.8 Å². The van der Waals surface area contributed by atoms with Crippen molar-refractivity contribution in [2.24, 2.45) is 7.05 Å². The zero-order valence-corrected chi connectivity index (χ0v) is 18.8. The van der Waals surface area contributed by atoms with E-state index >= 15 is 0 Å². The minimum absolute atomic E-state index is 0.0745. The third-order valence-corrected chi connectivity index (χ3v) is 5.49. The average Bonchev–Trinajstić information content (AvgIpc) is 3.02. The molecule has 0 unspecified atom stereocenters. The molecule has 2 aromatic carbocycles. The molecular weight excluding hydrogens is 402 g/mol. The molecule has 0 saturated carbocycles. The van der Waals surface area contributed by atoms with Crippen molar-refractivity contribution >= 4 is 23.4 Å². The van der Waals surface area contributed by atoms with E-state index in [1.807, 2.05) is 60.7 Å². The highest BCUT2D eigenvalue weighted by Gasteiger charge is 2.20. The van der Waals surface area contributed by atoms with Crippen molar-refractivity contribution in [3.05, 3.63) is 81.8 Å². The smallest absolute Gasteiger partial charge is 0.295 e. The molecule has 0 radical (unpaired) electrons. The number of carbonyl (C=O) groups excluding carboxylic acids is 1. The Morgan fingerprint density at radius 1 is 1.09 bits per heavy atom. The highest BCUT2D eigenvalue weighted by atomic mass is 16.2. The van der Waals surface area contributed by atoms with Crippen molar-refractivity contribution in [1.29, 1.82) is 5.26 Å². The van der Waals surface area contributed by atoms with Crippen molar-refractivity contribution < 1.29 is 4.79 Å². The van der Waals surface area contributed by atoms with Crippen LogP contribution in [-0.4, -0.2) is 28.4 Å². The fourth-order valence-corrected chi connectivity index (χ4v) is 3.58. The van der Waals surface area contributed by atoms with E-state index in [2.05, 4.69) is 24.1 Å². The molecule has 32 heavy (non-hydrogen) atoms. The minimum Gasteiger partial charge on any atom is -0.372 e. The van der Waals surface area contributed by atoms with Crippen LogP contribution < -0.4 is 15.8 Å². The number of amides is 1. The summed E-state index contributed by atoms with van der Waals surface area (Å²) in [4.78, 5) is 28.0. The van der Waals surface area contributed by atoms with Gasteiger partial charge in [0.05, 0.1) is 11.4 Å². The van der Waals surface area contributed by atoms with E-state index in [0.29, 0.717) is 11.4 Å². The second-order valence-electron chi connectivity index (χ2n) is 7.32. The maximum absolute atomic E-state index is 13.0. The van der Waals surface area contributed by atoms with E-state index in [1.165, 1.54) is 10.8 Å². The van der Waals surface area contributed by atoms with Gasteiger partial charge in [0.25, 0.3) is 11.5 Å². The summed E-state index contributed by atoms with van der Waals surface area (Å²) in [5.41, 5.74) is 2.82. The summed E-state index contributed by atoms with van der Waals surface area (Å²) in [6, 6.07) is 18.8. The molecule has 1 N–H and O–H groups in total. The first-order chi connectivity index (χ1) is 15.4. The second kappa shape index (κ2) is 9.84. The average molecular weight is 430 g/mol. The Bertz CT molecular complexity index is 1220. The highest BCUT2D eigenvalue weighted by molar-refractivity contribution is 6.09. The van der Waals surface area contributed by atoms with Gasteiger partial charge in [-0.15, -0.1) is 0 Å². The van der Waals surface area contributed by atoms with Gasteiger partial charge < -0.3 is 10.2 Å². The third kappa shape index (κ3) is 4.49. The van der Waals surface area contributed by atoms with Gasteiger partial charge in [0.1, 0.15) is 17.3 Å². The number of nitrogens with zero attached hydrogens (tertiary/aromatic N) is 4. The lowest BCUT2D eigenvalue weighted by Gasteiger charge is -2.20. The number of hydrogen-bond donors (Lipinski definition) is 1. The normalized spacial score (nSPS) is 11.2. The van der Waals surface area contributed by atoms with Gasteiger partial charge in [-0.2, -0.15) is 5.26 Å². The number of carbonyl (C=O) groups is 1. The Morgan fingerprint density at radius 2 is 1.72 bits per heavy atom. The summed E-state index contributed by atoms with van der Waals surface area (Å²) in [7, 11) is 1.75. The van der Waals surface area contributed by atoms with Crippen molar-refractivity contribution in [1.82, 2.24) is 9.36 Å². The van der Waals surface area contributed by atoms with Crippen LogP contribution in [0, 0.1) is 18.3 Å². The minimum atomic E-state index is -0.619. The Hall–Kier alpha value is -4.05. The molecule has 164 valence electrons. The molecule has 1 heterocycles. The van der Waals surface area contributed by atoms with Crippen LogP contribution in [0.4, 0.5) is 11.4 Å². The lowest BCUT2D eigenvalue weighted by Crippen LogP contribution is -2.23. The molecule has 1 amide bonds. The number of hydrogen-bond acceptors (Lipinski definition) is 4. The standard InChI is InChI=1S/C25H27N5O2/c1-5-29(6-2)21-14-12-19(13-15-21)16-20(17-26)24(31)27-23-18(3)28(4)30(25(23)32)22-10-8-7-9-11-22/h7-16H,5-6H2,1-4H3,(H,27,31). The predicted octanol–water partition coefficient (Wildman–Crippen LogP) is 3.88. The zero-order valence-electron chi connectivity index (χ0n) is 18.8. The quantitative estimate of drug-likeness (QED) is 0.456. The maximum Gasteiger partial charge on any atom is 0.295 e. The summed E-state index contributed by atoms with van der Waals surface area (Å²) in [5, 5.41) is 12.2. The van der Waals surface area contributed by atoms with E-state index in [9.17, 15) is 14.9 Å². The van der Waals surface area contributed by atoms with Crippen molar-refractivity contribution in [3.63, 3.8) is 0 Å². The first-order valence-corrected chi connectivity index (χ1v) is 10.5. The molecular formula is C25H27N5O2. The Morgan fingerprint density at radius 3 is 2.28 bits per heavy atom. The monoisotopic (exact) mass is 429 g/mol. The van der Waals surface area contributed by atoms with Crippen LogP contribution in [0.5, 0.6) is 0 Å². The lowest BCUT2D eigenvalue weighted by atomic mass is 10.1. The number of para-hydroxylation sites is 1. The van der Waals surface area contributed by atoms with Crippen LogP contribution in [0.25, 0.3) is 11.8 Å². The third-order valence-electron chi connectivity index (χ3n) is 5.49. The molecule has 0 atom stereocenters. The van der Waals surface area contributed by atoms with E-state index in [-0.39, 0.29) is 16.8 Å². The molecule has 3 aromatic rings. The van der Waals surface area contributed by atoms with Crippen molar-refractivity contribution in [3.8, 4) is 11.8 Å². The summed E-state index contributed by atoms with van der Waals surface area (Å²) in [6.45, 7) is 7.72. The van der Waals surface area contributed by atoms with Gasteiger partial charge in [-0.3, -0.25) is 14.3 Å². The van der Waals surface area contributed by atoms with Gasteiger partial charge >= 0.3 is 0 Å². The van der Waals surface area contributed by atoms with Gasteiger partial charge in [0.15, 0.2) is 0 Å². The molecule has 0 bridgehead atoms. The topological polar surface area (TPSA) is 83.1 Å². The number of benzene rings is 2. The molecule has 3 rings (SSSR count). The Labute approximate surface area is 187 Å². The molecule has 0 fully saturated rings. The fraction of sp³-hybridized carbons (Fsp3) is 0.240. The number of anilines is 2. The molecule has 0 aliphatic rings. The van der Waals surface area contributed by atoms with Crippen molar-refractivity contribution in [2.45, 2.75) is 20.8 Å². The SMILES string of the molecule is CCN(CC)c1ccc(C=C(C#N)C(=O)Nc2c(C)n(C)n(-c3ccccc3)c2=O)cc1. The molecule has 7 nitrogen and oxygen atoms in total. The molecule has 0 spiro atoms. The second-order valence-corrected chi connectivity index (χ2v) is 7.32. The first-order valence-electron chi connectivity index (χ1n) is 10.5. The van der Waals surface area contributed by atoms with Gasteiger partial charge in [-0.25, -0.2) is 4.68 Å². The molecule has 1 aromatic heterocycles. The molecule has 7 heteroatoms. The predicted molar refractivity (Wildman–Crippen MR) is 128 cm³/mol.